The maximum atomic E-state index is 12.7. The summed E-state index contributed by atoms with van der Waals surface area (Å²) < 4.78 is 38.1. The predicted octanol–water partition coefficient (Wildman–Crippen LogP) is 2.55. The monoisotopic (exact) mass is 286 g/mol. The fourth-order valence-corrected chi connectivity index (χ4v) is 1.96. The van der Waals surface area contributed by atoms with Gasteiger partial charge in [-0.25, -0.2) is 0 Å². The molecule has 1 amide bonds. The molecule has 1 aromatic carbocycles. The first-order chi connectivity index (χ1) is 9.28. The van der Waals surface area contributed by atoms with Crippen LogP contribution in [-0.4, -0.2) is 33.6 Å². The zero-order valence-electron chi connectivity index (χ0n) is 10.7. The molecule has 2 rings (SSSR count). The first-order valence-corrected chi connectivity index (χ1v) is 6.04. The molecule has 1 N–H and O–H groups in total. The number of amides is 1. The van der Waals surface area contributed by atoms with Crippen LogP contribution in [-0.2, 0) is 0 Å². The molecule has 0 saturated heterocycles. The molecular weight excluding hydrogens is 273 g/mol. The Morgan fingerprint density at radius 2 is 2.00 bits per heavy atom. The number of carbonyl (C=O) groups excluding carboxylic acids is 1. The molecule has 1 aliphatic heterocycles. The molecule has 108 valence electrons. The van der Waals surface area contributed by atoms with Crippen LogP contribution >= 0.6 is 0 Å². The SMILES string of the molecule is CCC1(O)CC(C(F)(F)F)=NN1C(=O)c1ccccc1. The van der Waals surface area contributed by atoms with E-state index in [0.717, 1.165) is 0 Å². The molecule has 0 spiro atoms. The third-order valence-corrected chi connectivity index (χ3v) is 3.17. The summed E-state index contributed by atoms with van der Waals surface area (Å²) >= 11 is 0. The van der Waals surface area contributed by atoms with Gasteiger partial charge in [-0.05, 0) is 18.6 Å². The Bertz CT molecular complexity index is 542. The van der Waals surface area contributed by atoms with Crippen LogP contribution < -0.4 is 0 Å². The van der Waals surface area contributed by atoms with Gasteiger partial charge in [0.25, 0.3) is 5.91 Å². The van der Waals surface area contributed by atoms with Gasteiger partial charge in [-0.2, -0.15) is 23.3 Å². The number of halogens is 3. The molecule has 0 radical (unpaired) electrons. The summed E-state index contributed by atoms with van der Waals surface area (Å²) in [5, 5.41) is 14.0. The number of aliphatic hydroxyl groups is 1. The predicted molar refractivity (Wildman–Crippen MR) is 66.0 cm³/mol. The van der Waals surface area contributed by atoms with Crippen LogP contribution in [0, 0.1) is 0 Å². The fraction of sp³-hybridized carbons (Fsp3) is 0.385. The standard InChI is InChI=1S/C13H13F3N2O2/c1-2-12(20)8-10(13(14,15)16)17-18(12)11(19)9-6-4-3-5-7-9/h3-7,20H,2,8H2,1H3. The Morgan fingerprint density at radius 3 is 2.50 bits per heavy atom. The highest BCUT2D eigenvalue weighted by Crippen LogP contribution is 2.35. The average molecular weight is 286 g/mol. The Morgan fingerprint density at radius 1 is 1.40 bits per heavy atom. The van der Waals surface area contributed by atoms with Gasteiger partial charge in [0.05, 0.1) is 0 Å². The summed E-state index contributed by atoms with van der Waals surface area (Å²) in [4.78, 5) is 12.2. The zero-order valence-corrected chi connectivity index (χ0v) is 10.7. The molecule has 0 aromatic heterocycles. The largest absolute Gasteiger partial charge is 0.431 e. The van der Waals surface area contributed by atoms with E-state index in [2.05, 4.69) is 5.10 Å². The third-order valence-electron chi connectivity index (χ3n) is 3.17. The molecule has 7 heteroatoms. The smallest absolute Gasteiger partial charge is 0.369 e. The normalized spacial score (nSPS) is 22.9. The van der Waals surface area contributed by atoms with Crippen molar-refractivity contribution in [2.24, 2.45) is 5.10 Å². The van der Waals surface area contributed by atoms with Crippen LogP contribution in [0.3, 0.4) is 0 Å². The molecule has 20 heavy (non-hydrogen) atoms. The number of alkyl halides is 3. The summed E-state index contributed by atoms with van der Waals surface area (Å²) in [6, 6.07) is 7.77. The van der Waals surface area contributed by atoms with Crippen LogP contribution in [0.25, 0.3) is 0 Å². The van der Waals surface area contributed by atoms with Gasteiger partial charge in [0.2, 0.25) is 0 Å². The van der Waals surface area contributed by atoms with Gasteiger partial charge in [-0.3, -0.25) is 4.79 Å². The number of carbonyl (C=O) groups is 1. The molecule has 0 bridgehead atoms. The van der Waals surface area contributed by atoms with Crippen LogP contribution in [0.2, 0.25) is 0 Å². The minimum absolute atomic E-state index is 0.0470. The van der Waals surface area contributed by atoms with E-state index in [0.29, 0.717) is 5.01 Å². The fourth-order valence-electron chi connectivity index (χ4n) is 1.96. The van der Waals surface area contributed by atoms with E-state index < -0.39 is 29.9 Å². The summed E-state index contributed by atoms with van der Waals surface area (Å²) in [6.45, 7) is 1.50. The lowest BCUT2D eigenvalue weighted by atomic mass is 10.0. The second-order valence-corrected chi connectivity index (χ2v) is 4.54. The summed E-state index contributed by atoms with van der Waals surface area (Å²) in [5.74, 6) is -0.755. The highest BCUT2D eigenvalue weighted by Gasteiger charge is 2.51. The number of benzene rings is 1. The van der Waals surface area contributed by atoms with E-state index in [9.17, 15) is 23.1 Å². The van der Waals surface area contributed by atoms with Crippen molar-refractivity contribution in [2.75, 3.05) is 0 Å². The van der Waals surface area contributed by atoms with E-state index in [-0.39, 0.29) is 12.0 Å². The number of rotatable bonds is 2. The average Bonchev–Trinajstić information content (AvgIpc) is 2.78. The highest BCUT2D eigenvalue weighted by atomic mass is 19.4. The van der Waals surface area contributed by atoms with Crippen molar-refractivity contribution in [3.63, 3.8) is 0 Å². The summed E-state index contributed by atoms with van der Waals surface area (Å²) in [5.41, 5.74) is -2.91. The van der Waals surface area contributed by atoms with E-state index in [1.807, 2.05) is 0 Å². The Balaban J connectivity index is 2.37. The second kappa shape index (κ2) is 4.90. The van der Waals surface area contributed by atoms with Crippen LogP contribution in [0.4, 0.5) is 13.2 Å². The number of hydrogen-bond donors (Lipinski definition) is 1. The molecule has 0 aliphatic carbocycles. The van der Waals surface area contributed by atoms with Crippen molar-refractivity contribution in [2.45, 2.75) is 31.7 Å². The molecule has 1 aromatic rings. The second-order valence-electron chi connectivity index (χ2n) is 4.54. The van der Waals surface area contributed by atoms with E-state index in [1.165, 1.54) is 19.1 Å². The maximum Gasteiger partial charge on any atom is 0.431 e. The molecule has 1 aliphatic rings. The summed E-state index contributed by atoms with van der Waals surface area (Å²) in [7, 11) is 0. The molecule has 0 saturated carbocycles. The Labute approximate surface area is 113 Å². The van der Waals surface area contributed by atoms with E-state index in [4.69, 9.17) is 0 Å². The summed E-state index contributed by atoms with van der Waals surface area (Å²) in [6.07, 6.45) is -5.42. The van der Waals surface area contributed by atoms with Crippen molar-refractivity contribution < 1.29 is 23.1 Å². The maximum absolute atomic E-state index is 12.7. The lowest BCUT2D eigenvalue weighted by Crippen LogP contribution is -2.45. The lowest BCUT2D eigenvalue weighted by molar-refractivity contribution is -0.0784. The van der Waals surface area contributed by atoms with Crippen LogP contribution in [0.15, 0.2) is 35.4 Å². The molecule has 4 nitrogen and oxygen atoms in total. The van der Waals surface area contributed by atoms with E-state index in [1.54, 1.807) is 18.2 Å². The number of hydrogen-bond acceptors (Lipinski definition) is 3. The van der Waals surface area contributed by atoms with Gasteiger partial charge >= 0.3 is 6.18 Å². The van der Waals surface area contributed by atoms with Crippen molar-refractivity contribution >= 4 is 11.6 Å². The minimum atomic E-state index is -4.66. The molecular formula is C13H13F3N2O2. The molecule has 1 atom stereocenters. The van der Waals surface area contributed by atoms with Crippen LogP contribution in [0.5, 0.6) is 0 Å². The van der Waals surface area contributed by atoms with Crippen molar-refractivity contribution in [1.82, 2.24) is 5.01 Å². The quantitative estimate of drug-likeness (QED) is 0.908. The van der Waals surface area contributed by atoms with Crippen LogP contribution in [0.1, 0.15) is 30.1 Å². The topological polar surface area (TPSA) is 52.9 Å². The van der Waals surface area contributed by atoms with Gasteiger partial charge in [-0.15, -0.1) is 0 Å². The number of hydrazone groups is 1. The first kappa shape index (κ1) is 14.5. The third kappa shape index (κ3) is 2.53. The van der Waals surface area contributed by atoms with Gasteiger partial charge < -0.3 is 5.11 Å². The molecule has 0 fully saturated rings. The van der Waals surface area contributed by atoms with E-state index >= 15 is 0 Å². The van der Waals surface area contributed by atoms with Gasteiger partial charge in [0.1, 0.15) is 5.71 Å². The zero-order chi connectivity index (χ0) is 15.0. The molecule has 1 heterocycles. The van der Waals surface area contributed by atoms with Crippen molar-refractivity contribution in [1.29, 1.82) is 0 Å². The lowest BCUT2D eigenvalue weighted by Gasteiger charge is -2.29. The van der Waals surface area contributed by atoms with Crippen molar-refractivity contribution in [3.8, 4) is 0 Å². The van der Waals surface area contributed by atoms with Gasteiger partial charge in [-0.1, -0.05) is 25.1 Å². The highest BCUT2D eigenvalue weighted by molar-refractivity contribution is 5.99. The van der Waals surface area contributed by atoms with Gasteiger partial charge in [0.15, 0.2) is 5.72 Å². The first-order valence-electron chi connectivity index (χ1n) is 6.04. The molecule has 1 unspecified atom stereocenters. The Hall–Kier alpha value is -1.89. The van der Waals surface area contributed by atoms with Crippen molar-refractivity contribution in [3.05, 3.63) is 35.9 Å². The Kier molecular flexibility index (Phi) is 3.56. The minimum Gasteiger partial charge on any atom is -0.369 e. The van der Waals surface area contributed by atoms with Gasteiger partial charge in [0, 0.05) is 12.0 Å². The number of nitrogens with zero attached hydrogens (tertiary/aromatic N) is 2.